The van der Waals surface area contributed by atoms with Crippen LogP contribution in [-0.2, 0) is 6.54 Å². The summed E-state index contributed by atoms with van der Waals surface area (Å²) in [5, 5.41) is 15.5. The fourth-order valence-electron chi connectivity index (χ4n) is 3.58. The summed E-state index contributed by atoms with van der Waals surface area (Å²) in [6.07, 6.45) is 2.18. The average molecular weight is 430 g/mol. The largest absolute Gasteiger partial charge is 0.493 e. The van der Waals surface area contributed by atoms with Crippen molar-refractivity contribution in [1.82, 2.24) is 25.5 Å². The Hall–Kier alpha value is -3.71. The highest BCUT2D eigenvalue weighted by Crippen LogP contribution is 2.32. The van der Waals surface area contributed by atoms with E-state index in [2.05, 4.69) is 52.0 Å². The summed E-state index contributed by atoms with van der Waals surface area (Å²) in [6, 6.07) is 26.6. The Bertz CT molecular complexity index is 1120. The molecule has 0 aliphatic heterocycles. The molecule has 3 aromatic carbocycles. The van der Waals surface area contributed by atoms with Crippen molar-refractivity contribution in [3.05, 3.63) is 90.0 Å². The van der Waals surface area contributed by atoms with Crippen LogP contribution in [0, 0.1) is 0 Å². The average Bonchev–Trinajstić information content (AvgIpc) is 3.31. The van der Waals surface area contributed by atoms with Gasteiger partial charge in [-0.1, -0.05) is 73.0 Å². The molecule has 0 spiro atoms. The first-order valence-corrected chi connectivity index (χ1v) is 10.8. The standard InChI is InChI=1S/C25H27N5O2/c1-3-10-22(20-11-6-4-7-12-20)26-18-19-15-16-23(24(17-19)31-2)32-25-27-28-29-30(25)21-13-8-5-9-14-21/h4-9,11-17,22,26H,3,10,18H2,1-2H3. The Balaban J connectivity index is 1.48. The molecule has 1 aromatic heterocycles. The summed E-state index contributed by atoms with van der Waals surface area (Å²) in [6.45, 7) is 2.92. The Morgan fingerprint density at radius 3 is 2.41 bits per heavy atom. The number of para-hydroxylation sites is 1. The highest BCUT2D eigenvalue weighted by atomic mass is 16.5. The first kappa shape index (κ1) is 21.5. The van der Waals surface area contributed by atoms with Crippen LogP contribution in [0.3, 0.4) is 0 Å². The van der Waals surface area contributed by atoms with Gasteiger partial charge in [0, 0.05) is 12.6 Å². The lowest BCUT2D eigenvalue weighted by molar-refractivity contribution is 0.362. The molecule has 0 saturated heterocycles. The van der Waals surface area contributed by atoms with Crippen LogP contribution in [0.1, 0.15) is 36.9 Å². The van der Waals surface area contributed by atoms with Gasteiger partial charge in [-0.2, -0.15) is 4.68 Å². The molecule has 0 bridgehead atoms. The van der Waals surface area contributed by atoms with Gasteiger partial charge in [-0.25, -0.2) is 0 Å². The highest BCUT2D eigenvalue weighted by Gasteiger charge is 2.15. The van der Waals surface area contributed by atoms with E-state index in [1.54, 1.807) is 11.8 Å². The van der Waals surface area contributed by atoms with Gasteiger partial charge in [0.25, 0.3) is 0 Å². The van der Waals surface area contributed by atoms with Gasteiger partial charge in [-0.05, 0) is 52.2 Å². The number of benzene rings is 3. The molecule has 4 aromatic rings. The van der Waals surface area contributed by atoms with E-state index >= 15 is 0 Å². The van der Waals surface area contributed by atoms with Gasteiger partial charge in [0.1, 0.15) is 0 Å². The van der Waals surface area contributed by atoms with Gasteiger partial charge >= 0.3 is 6.01 Å². The molecule has 0 amide bonds. The monoisotopic (exact) mass is 429 g/mol. The Kier molecular flexibility index (Phi) is 7.09. The summed E-state index contributed by atoms with van der Waals surface area (Å²) in [5.74, 6) is 1.18. The number of rotatable bonds is 10. The molecular formula is C25H27N5O2. The maximum absolute atomic E-state index is 6.00. The van der Waals surface area contributed by atoms with Crippen molar-refractivity contribution in [2.75, 3.05) is 7.11 Å². The van der Waals surface area contributed by atoms with Gasteiger partial charge in [0.05, 0.1) is 12.8 Å². The fraction of sp³-hybridized carbons (Fsp3) is 0.240. The number of ether oxygens (including phenoxy) is 2. The second-order valence-corrected chi connectivity index (χ2v) is 7.43. The van der Waals surface area contributed by atoms with Crippen LogP contribution in [-0.4, -0.2) is 27.3 Å². The van der Waals surface area contributed by atoms with E-state index in [4.69, 9.17) is 9.47 Å². The van der Waals surface area contributed by atoms with E-state index in [-0.39, 0.29) is 6.01 Å². The van der Waals surface area contributed by atoms with Crippen molar-refractivity contribution in [2.24, 2.45) is 0 Å². The minimum absolute atomic E-state index is 0.271. The Morgan fingerprint density at radius 1 is 0.938 bits per heavy atom. The molecule has 0 aliphatic rings. The summed E-state index contributed by atoms with van der Waals surface area (Å²) >= 11 is 0. The SMILES string of the molecule is CCCC(NCc1ccc(Oc2nnnn2-c2ccccc2)c(OC)c1)c1ccccc1. The summed E-state index contributed by atoms with van der Waals surface area (Å²) in [5.41, 5.74) is 3.22. The van der Waals surface area contributed by atoms with E-state index in [9.17, 15) is 0 Å². The third kappa shape index (κ3) is 5.12. The molecule has 1 atom stereocenters. The van der Waals surface area contributed by atoms with Crippen molar-refractivity contribution < 1.29 is 9.47 Å². The molecule has 4 rings (SSSR count). The van der Waals surface area contributed by atoms with E-state index in [1.807, 2.05) is 54.6 Å². The maximum atomic E-state index is 6.00. The lowest BCUT2D eigenvalue weighted by atomic mass is 10.0. The predicted molar refractivity (Wildman–Crippen MR) is 123 cm³/mol. The molecule has 0 saturated carbocycles. The maximum Gasteiger partial charge on any atom is 0.346 e. The molecule has 1 unspecified atom stereocenters. The van der Waals surface area contributed by atoms with Gasteiger partial charge in [-0.15, -0.1) is 0 Å². The van der Waals surface area contributed by atoms with E-state index in [1.165, 1.54) is 5.56 Å². The van der Waals surface area contributed by atoms with Gasteiger partial charge < -0.3 is 14.8 Å². The molecule has 32 heavy (non-hydrogen) atoms. The second kappa shape index (κ2) is 10.5. The van der Waals surface area contributed by atoms with Crippen LogP contribution in [0.25, 0.3) is 5.69 Å². The number of nitrogens with one attached hydrogen (secondary N) is 1. The lowest BCUT2D eigenvalue weighted by Gasteiger charge is -2.19. The molecular weight excluding hydrogens is 402 g/mol. The van der Waals surface area contributed by atoms with E-state index < -0.39 is 0 Å². The molecule has 1 heterocycles. The number of tetrazole rings is 1. The quantitative estimate of drug-likeness (QED) is 0.378. The third-order valence-electron chi connectivity index (χ3n) is 5.20. The van der Waals surface area contributed by atoms with Crippen molar-refractivity contribution in [2.45, 2.75) is 32.4 Å². The van der Waals surface area contributed by atoms with Gasteiger partial charge in [0.15, 0.2) is 11.5 Å². The minimum atomic E-state index is 0.271. The summed E-state index contributed by atoms with van der Waals surface area (Å²) in [7, 11) is 1.63. The van der Waals surface area contributed by atoms with E-state index in [0.717, 1.165) is 30.6 Å². The number of aromatic nitrogens is 4. The van der Waals surface area contributed by atoms with Crippen molar-refractivity contribution in [3.8, 4) is 23.2 Å². The Morgan fingerprint density at radius 2 is 1.69 bits per heavy atom. The molecule has 0 radical (unpaired) electrons. The zero-order valence-electron chi connectivity index (χ0n) is 18.3. The first-order chi connectivity index (χ1) is 15.8. The van der Waals surface area contributed by atoms with Crippen LogP contribution in [0.5, 0.6) is 17.5 Å². The normalized spacial score (nSPS) is 11.8. The fourth-order valence-corrected chi connectivity index (χ4v) is 3.58. The van der Waals surface area contributed by atoms with Crippen molar-refractivity contribution in [1.29, 1.82) is 0 Å². The zero-order chi connectivity index (χ0) is 22.2. The number of hydrogen-bond donors (Lipinski definition) is 1. The predicted octanol–water partition coefficient (Wildman–Crippen LogP) is 5.09. The number of nitrogens with zero attached hydrogens (tertiary/aromatic N) is 4. The molecule has 0 fully saturated rings. The third-order valence-corrected chi connectivity index (χ3v) is 5.20. The molecule has 7 heteroatoms. The van der Waals surface area contributed by atoms with E-state index in [0.29, 0.717) is 17.5 Å². The van der Waals surface area contributed by atoms with Gasteiger partial charge in [-0.3, -0.25) is 0 Å². The zero-order valence-corrected chi connectivity index (χ0v) is 18.3. The van der Waals surface area contributed by atoms with Crippen LogP contribution in [0.4, 0.5) is 0 Å². The second-order valence-electron chi connectivity index (χ2n) is 7.43. The number of hydrogen-bond acceptors (Lipinski definition) is 6. The smallest absolute Gasteiger partial charge is 0.346 e. The van der Waals surface area contributed by atoms with Crippen LogP contribution >= 0.6 is 0 Å². The van der Waals surface area contributed by atoms with Crippen LogP contribution < -0.4 is 14.8 Å². The highest BCUT2D eigenvalue weighted by molar-refractivity contribution is 5.44. The Labute approximate surface area is 188 Å². The molecule has 7 nitrogen and oxygen atoms in total. The van der Waals surface area contributed by atoms with Crippen LogP contribution in [0.2, 0.25) is 0 Å². The van der Waals surface area contributed by atoms with Crippen molar-refractivity contribution in [3.63, 3.8) is 0 Å². The number of methoxy groups -OCH3 is 1. The lowest BCUT2D eigenvalue weighted by Crippen LogP contribution is -2.20. The first-order valence-electron chi connectivity index (χ1n) is 10.8. The topological polar surface area (TPSA) is 74.1 Å². The molecule has 164 valence electrons. The van der Waals surface area contributed by atoms with Crippen LogP contribution in [0.15, 0.2) is 78.9 Å². The summed E-state index contributed by atoms with van der Waals surface area (Å²) in [4.78, 5) is 0. The minimum Gasteiger partial charge on any atom is -0.493 e. The van der Waals surface area contributed by atoms with Crippen molar-refractivity contribution >= 4 is 0 Å². The molecule has 1 N–H and O–H groups in total. The summed E-state index contributed by atoms with van der Waals surface area (Å²) < 4.78 is 13.1. The van der Waals surface area contributed by atoms with Gasteiger partial charge in [0.2, 0.25) is 0 Å². The molecule has 0 aliphatic carbocycles.